The Kier molecular flexibility index (Phi) is 5.83. The van der Waals surface area contributed by atoms with Crippen LogP contribution in [-0.4, -0.2) is 18.2 Å². The molecule has 0 aliphatic heterocycles. The molecule has 0 fully saturated rings. The van der Waals surface area contributed by atoms with E-state index in [9.17, 15) is 4.79 Å². The molecule has 0 aromatic rings. The molecule has 0 aliphatic rings. The molecule has 3 heteroatoms. The highest BCUT2D eigenvalue weighted by Gasteiger charge is 1.87. The van der Waals surface area contributed by atoms with Crippen LogP contribution in [0.25, 0.3) is 0 Å². The van der Waals surface area contributed by atoms with E-state index < -0.39 is 0 Å². The molecule has 0 saturated carbocycles. The van der Waals surface area contributed by atoms with Crippen molar-refractivity contribution in [1.82, 2.24) is 5.32 Å². The molecule has 0 atom stereocenters. The van der Waals surface area contributed by atoms with Gasteiger partial charge in [-0.05, 0) is 18.6 Å². The highest BCUT2D eigenvalue weighted by molar-refractivity contribution is 7.80. The minimum Gasteiger partial charge on any atom is -0.356 e. The molecule has 0 aromatic carbocycles. The second kappa shape index (κ2) is 5.95. The van der Waals surface area contributed by atoms with Crippen LogP contribution in [0.4, 0.5) is 0 Å². The Balaban J connectivity index is 2.83. The summed E-state index contributed by atoms with van der Waals surface area (Å²) in [6.45, 7) is 2.32. The first kappa shape index (κ1) is 8.82. The smallest absolute Gasteiger partial charge is 0.216 e. The molecule has 54 valence electrons. The summed E-state index contributed by atoms with van der Waals surface area (Å²) >= 11 is 4.03. The van der Waals surface area contributed by atoms with Crippen molar-refractivity contribution in [3.8, 4) is 0 Å². The Morgan fingerprint density at radius 3 is 2.67 bits per heavy atom. The monoisotopic (exact) mass is 147 g/mol. The summed E-state index contributed by atoms with van der Waals surface area (Å²) in [5.41, 5.74) is 0. The van der Waals surface area contributed by atoms with E-state index in [1.165, 1.54) is 6.92 Å². The standard InChI is InChI=1S/C6H13NOS/c1-6(8)7-4-2-3-5-9/h9H,2-5H2,1H3,(H,7,8). The third kappa shape index (κ3) is 7.82. The molecule has 0 unspecified atom stereocenters. The van der Waals surface area contributed by atoms with Gasteiger partial charge in [0.1, 0.15) is 0 Å². The predicted octanol–water partition coefficient (Wildman–Crippen LogP) is 0.833. The fourth-order valence-electron chi connectivity index (χ4n) is 0.501. The summed E-state index contributed by atoms with van der Waals surface area (Å²) in [5, 5.41) is 2.71. The maximum atomic E-state index is 10.3. The Bertz CT molecular complexity index is 85.1. The first-order valence-electron chi connectivity index (χ1n) is 3.12. The molecule has 1 N–H and O–H groups in total. The Morgan fingerprint density at radius 1 is 1.56 bits per heavy atom. The summed E-state index contributed by atoms with van der Waals surface area (Å²) in [5.74, 6) is 0.953. The van der Waals surface area contributed by atoms with Gasteiger partial charge in [0.25, 0.3) is 0 Å². The Labute approximate surface area is 61.4 Å². The van der Waals surface area contributed by atoms with Crippen LogP contribution in [0.2, 0.25) is 0 Å². The zero-order valence-corrected chi connectivity index (χ0v) is 6.58. The Hall–Kier alpha value is -0.180. The fraction of sp³-hybridized carbons (Fsp3) is 0.833. The number of hydrogen-bond acceptors (Lipinski definition) is 2. The van der Waals surface area contributed by atoms with E-state index in [-0.39, 0.29) is 5.91 Å². The van der Waals surface area contributed by atoms with Crippen molar-refractivity contribution in [2.75, 3.05) is 12.3 Å². The number of thiol groups is 1. The van der Waals surface area contributed by atoms with Crippen LogP contribution in [0.15, 0.2) is 0 Å². The number of amides is 1. The molecule has 0 radical (unpaired) electrons. The largest absolute Gasteiger partial charge is 0.356 e. The van der Waals surface area contributed by atoms with E-state index >= 15 is 0 Å². The van der Waals surface area contributed by atoms with E-state index in [1.54, 1.807) is 0 Å². The number of carbonyl (C=O) groups is 1. The zero-order chi connectivity index (χ0) is 7.11. The summed E-state index contributed by atoms with van der Waals surface area (Å²) in [6.07, 6.45) is 2.10. The van der Waals surface area contributed by atoms with Crippen molar-refractivity contribution >= 4 is 18.5 Å². The van der Waals surface area contributed by atoms with Crippen LogP contribution < -0.4 is 5.32 Å². The molecule has 2 nitrogen and oxygen atoms in total. The number of rotatable bonds is 4. The fourth-order valence-corrected chi connectivity index (χ4v) is 0.725. The van der Waals surface area contributed by atoms with Gasteiger partial charge in [0.15, 0.2) is 0 Å². The van der Waals surface area contributed by atoms with Crippen LogP contribution in [0.3, 0.4) is 0 Å². The minimum absolute atomic E-state index is 0.0502. The van der Waals surface area contributed by atoms with E-state index in [2.05, 4.69) is 17.9 Å². The second-order valence-corrected chi connectivity index (χ2v) is 2.36. The number of nitrogens with one attached hydrogen (secondary N) is 1. The molecule has 0 rings (SSSR count). The summed E-state index contributed by atoms with van der Waals surface area (Å²) in [7, 11) is 0. The molecule has 0 spiro atoms. The molecule has 0 heterocycles. The summed E-state index contributed by atoms with van der Waals surface area (Å²) in [6, 6.07) is 0. The molecule has 9 heavy (non-hydrogen) atoms. The third-order valence-electron chi connectivity index (χ3n) is 0.959. The molecular weight excluding hydrogens is 134 g/mol. The topological polar surface area (TPSA) is 29.1 Å². The van der Waals surface area contributed by atoms with Gasteiger partial charge in [-0.1, -0.05) is 0 Å². The number of hydrogen-bond donors (Lipinski definition) is 2. The lowest BCUT2D eigenvalue weighted by atomic mass is 10.3. The highest BCUT2D eigenvalue weighted by Crippen LogP contribution is 1.88. The number of carbonyl (C=O) groups excluding carboxylic acids is 1. The van der Waals surface area contributed by atoms with Crippen molar-refractivity contribution in [3.05, 3.63) is 0 Å². The van der Waals surface area contributed by atoms with Crippen molar-refractivity contribution in [2.45, 2.75) is 19.8 Å². The summed E-state index contributed by atoms with van der Waals surface area (Å²) < 4.78 is 0. The highest BCUT2D eigenvalue weighted by atomic mass is 32.1. The molecule has 1 amide bonds. The van der Waals surface area contributed by atoms with Crippen molar-refractivity contribution in [3.63, 3.8) is 0 Å². The van der Waals surface area contributed by atoms with Gasteiger partial charge in [0.05, 0.1) is 0 Å². The SMILES string of the molecule is CC(=O)NCCCCS. The maximum absolute atomic E-state index is 10.3. The normalized spacial score (nSPS) is 9.11. The van der Waals surface area contributed by atoms with E-state index in [4.69, 9.17) is 0 Å². The van der Waals surface area contributed by atoms with Gasteiger partial charge >= 0.3 is 0 Å². The average Bonchev–Trinajstić information content (AvgIpc) is 1.80. The quantitative estimate of drug-likeness (QED) is 0.447. The molecular formula is C6H13NOS. The first-order valence-corrected chi connectivity index (χ1v) is 3.76. The number of unbranched alkanes of at least 4 members (excludes halogenated alkanes) is 1. The van der Waals surface area contributed by atoms with Crippen molar-refractivity contribution < 1.29 is 4.79 Å². The van der Waals surface area contributed by atoms with Crippen LogP contribution >= 0.6 is 12.6 Å². The molecule has 0 aromatic heterocycles. The van der Waals surface area contributed by atoms with E-state index in [1.807, 2.05) is 0 Å². The van der Waals surface area contributed by atoms with Crippen molar-refractivity contribution in [1.29, 1.82) is 0 Å². The zero-order valence-electron chi connectivity index (χ0n) is 5.68. The molecule has 0 saturated heterocycles. The van der Waals surface area contributed by atoms with Crippen LogP contribution in [0, 0.1) is 0 Å². The van der Waals surface area contributed by atoms with Gasteiger partial charge in [0, 0.05) is 13.5 Å². The molecule has 0 bridgehead atoms. The van der Waals surface area contributed by atoms with Gasteiger partial charge in [-0.2, -0.15) is 12.6 Å². The predicted molar refractivity (Wildman–Crippen MR) is 41.8 cm³/mol. The van der Waals surface area contributed by atoms with E-state index in [0.717, 1.165) is 25.1 Å². The van der Waals surface area contributed by atoms with Gasteiger partial charge in [0.2, 0.25) is 5.91 Å². The lowest BCUT2D eigenvalue weighted by Crippen LogP contribution is -2.20. The van der Waals surface area contributed by atoms with Crippen molar-refractivity contribution in [2.24, 2.45) is 0 Å². The Morgan fingerprint density at radius 2 is 2.22 bits per heavy atom. The minimum atomic E-state index is 0.0502. The van der Waals surface area contributed by atoms with Gasteiger partial charge < -0.3 is 5.32 Å². The van der Waals surface area contributed by atoms with E-state index in [0.29, 0.717) is 0 Å². The lowest BCUT2D eigenvalue weighted by molar-refractivity contribution is -0.118. The third-order valence-corrected chi connectivity index (χ3v) is 1.28. The maximum Gasteiger partial charge on any atom is 0.216 e. The summed E-state index contributed by atoms with van der Waals surface area (Å²) in [4.78, 5) is 10.3. The first-order chi connectivity index (χ1) is 4.27. The van der Waals surface area contributed by atoms with Gasteiger partial charge in [-0.25, -0.2) is 0 Å². The van der Waals surface area contributed by atoms with Crippen LogP contribution in [0.5, 0.6) is 0 Å². The average molecular weight is 147 g/mol. The second-order valence-electron chi connectivity index (χ2n) is 1.91. The van der Waals surface area contributed by atoms with Gasteiger partial charge in [-0.15, -0.1) is 0 Å². The van der Waals surface area contributed by atoms with Crippen LogP contribution in [0.1, 0.15) is 19.8 Å². The van der Waals surface area contributed by atoms with Gasteiger partial charge in [-0.3, -0.25) is 4.79 Å². The molecule has 0 aliphatic carbocycles. The van der Waals surface area contributed by atoms with Crippen LogP contribution in [-0.2, 0) is 4.79 Å². The lowest BCUT2D eigenvalue weighted by Gasteiger charge is -1.98.